The number of carbonyl (C=O) groups is 2. The highest BCUT2D eigenvalue weighted by molar-refractivity contribution is 5.87. The lowest BCUT2D eigenvalue weighted by atomic mass is 9.97. The number of piperazine rings is 1. The lowest BCUT2D eigenvalue weighted by Gasteiger charge is -2.39. The van der Waals surface area contributed by atoms with Crippen molar-refractivity contribution in [1.29, 1.82) is 0 Å². The molecule has 0 aromatic rings. The van der Waals surface area contributed by atoms with Gasteiger partial charge in [-0.1, -0.05) is 12.8 Å². The Kier molecular flexibility index (Phi) is 8.91. The zero-order valence-electron chi connectivity index (χ0n) is 14.7. The van der Waals surface area contributed by atoms with Crippen LogP contribution in [0.25, 0.3) is 0 Å². The largest absolute Gasteiger partial charge is 0.379 e. The smallest absolute Gasteiger partial charge is 0.242 e. The lowest BCUT2D eigenvalue weighted by molar-refractivity contribution is -0.143. The number of carbonyl (C=O) groups excluding carboxylic acids is 2. The number of hydrogen-bond donors (Lipinski definition) is 1. The number of rotatable bonds is 3. The maximum Gasteiger partial charge on any atom is 0.242 e. The molecular weight excluding hydrogens is 367 g/mol. The number of nitrogens with two attached hydrogens (primary N) is 1. The Morgan fingerprint density at radius 1 is 0.880 bits per heavy atom. The summed E-state index contributed by atoms with van der Waals surface area (Å²) in [6, 6.07) is 0. The summed E-state index contributed by atoms with van der Waals surface area (Å²) in [6.07, 6.45) is 3.67. The van der Waals surface area contributed by atoms with Crippen LogP contribution in [0.2, 0.25) is 0 Å². The third kappa shape index (κ3) is 5.44. The first kappa shape index (κ1) is 22.4. The van der Waals surface area contributed by atoms with Crippen molar-refractivity contribution < 1.29 is 14.3 Å². The van der Waals surface area contributed by atoms with Crippen LogP contribution in [0.15, 0.2) is 0 Å². The number of ether oxygens (including phenoxy) is 1. The van der Waals surface area contributed by atoms with Crippen LogP contribution in [0.3, 0.4) is 0 Å². The normalized spacial score (nSPS) is 23.6. The minimum Gasteiger partial charge on any atom is -0.379 e. The molecule has 2 aliphatic heterocycles. The molecule has 2 heterocycles. The average Bonchev–Trinajstić information content (AvgIpc) is 3.03. The van der Waals surface area contributed by atoms with Crippen LogP contribution in [0, 0.1) is 0 Å². The van der Waals surface area contributed by atoms with Crippen LogP contribution in [0.4, 0.5) is 0 Å². The molecule has 3 aliphatic rings. The third-order valence-electron chi connectivity index (χ3n) is 5.30. The van der Waals surface area contributed by atoms with Crippen molar-refractivity contribution in [3.05, 3.63) is 0 Å². The number of amides is 2. The van der Waals surface area contributed by atoms with E-state index in [9.17, 15) is 9.59 Å². The first-order valence-electron chi connectivity index (χ1n) is 8.75. The standard InChI is InChI=1S/C16H28N4O3.2ClH/c17-16(3-1-2-4-16)15(22)20-7-5-19(6-8-20)14(21)13-18-9-11-23-12-10-18;;/h1-13,17H2;2*1H. The molecule has 0 atom stereocenters. The summed E-state index contributed by atoms with van der Waals surface area (Å²) in [5, 5.41) is 0. The maximum atomic E-state index is 12.6. The molecule has 0 aromatic heterocycles. The molecule has 2 amide bonds. The molecule has 1 aliphatic carbocycles. The van der Waals surface area contributed by atoms with Crippen molar-refractivity contribution in [1.82, 2.24) is 14.7 Å². The van der Waals surface area contributed by atoms with Crippen molar-refractivity contribution in [2.75, 3.05) is 59.0 Å². The minimum absolute atomic E-state index is 0. The average molecular weight is 397 g/mol. The maximum absolute atomic E-state index is 12.6. The van der Waals surface area contributed by atoms with Crippen molar-refractivity contribution in [2.24, 2.45) is 5.73 Å². The predicted molar refractivity (Wildman–Crippen MR) is 100 cm³/mol. The zero-order chi connectivity index (χ0) is 16.3. The van der Waals surface area contributed by atoms with Crippen LogP contribution in [-0.4, -0.2) is 91.1 Å². The second-order valence-corrected chi connectivity index (χ2v) is 6.92. The molecule has 1 saturated carbocycles. The molecule has 7 nitrogen and oxygen atoms in total. The van der Waals surface area contributed by atoms with Crippen LogP contribution in [0.1, 0.15) is 25.7 Å². The molecule has 2 saturated heterocycles. The third-order valence-corrected chi connectivity index (χ3v) is 5.30. The van der Waals surface area contributed by atoms with E-state index in [0.29, 0.717) is 45.9 Å². The summed E-state index contributed by atoms with van der Waals surface area (Å²) in [5.41, 5.74) is 5.61. The van der Waals surface area contributed by atoms with Gasteiger partial charge in [-0.25, -0.2) is 0 Å². The summed E-state index contributed by atoms with van der Waals surface area (Å²) < 4.78 is 5.30. The Balaban J connectivity index is 0.00000156. The Bertz CT molecular complexity index is 447. The van der Waals surface area contributed by atoms with Gasteiger partial charge in [0.15, 0.2) is 0 Å². The van der Waals surface area contributed by atoms with E-state index in [4.69, 9.17) is 10.5 Å². The van der Waals surface area contributed by atoms with Crippen LogP contribution in [0.5, 0.6) is 0 Å². The van der Waals surface area contributed by atoms with Gasteiger partial charge in [0.25, 0.3) is 0 Å². The van der Waals surface area contributed by atoms with E-state index < -0.39 is 5.54 Å². The van der Waals surface area contributed by atoms with Gasteiger partial charge in [0.1, 0.15) is 0 Å². The second-order valence-electron chi connectivity index (χ2n) is 6.92. The molecule has 9 heteroatoms. The van der Waals surface area contributed by atoms with Gasteiger partial charge in [0, 0.05) is 39.3 Å². The van der Waals surface area contributed by atoms with Gasteiger partial charge in [-0.2, -0.15) is 0 Å². The molecule has 0 radical (unpaired) electrons. The Labute approximate surface area is 162 Å². The van der Waals surface area contributed by atoms with Gasteiger partial charge in [-0.3, -0.25) is 14.5 Å². The molecule has 146 valence electrons. The van der Waals surface area contributed by atoms with Gasteiger partial charge in [0.05, 0.1) is 25.3 Å². The fraction of sp³-hybridized carbons (Fsp3) is 0.875. The molecule has 3 fully saturated rings. The summed E-state index contributed by atoms with van der Waals surface area (Å²) in [5.74, 6) is 0.234. The van der Waals surface area contributed by atoms with Gasteiger partial charge in [-0.15, -0.1) is 24.8 Å². The zero-order valence-corrected chi connectivity index (χ0v) is 16.3. The summed E-state index contributed by atoms with van der Waals surface area (Å²) in [6.45, 7) is 5.94. The first-order valence-corrected chi connectivity index (χ1v) is 8.75. The van der Waals surface area contributed by atoms with Crippen LogP contribution < -0.4 is 5.73 Å². The van der Waals surface area contributed by atoms with Crippen molar-refractivity contribution in [2.45, 2.75) is 31.2 Å². The highest BCUT2D eigenvalue weighted by atomic mass is 35.5. The summed E-state index contributed by atoms with van der Waals surface area (Å²) >= 11 is 0. The van der Waals surface area contributed by atoms with E-state index >= 15 is 0 Å². The van der Waals surface area contributed by atoms with E-state index in [1.54, 1.807) is 0 Å². The highest BCUT2D eigenvalue weighted by Gasteiger charge is 2.40. The molecule has 0 unspecified atom stereocenters. The minimum atomic E-state index is -0.653. The van der Waals surface area contributed by atoms with E-state index in [1.165, 1.54) is 0 Å². The SMILES string of the molecule is Cl.Cl.NC1(C(=O)N2CCN(C(=O)CN3CCOCC3)CC2)CCCC1. The molecule has 3 rings (SSSR count). The summed E-state index contributed by atoms with van der Waals surface area (Å²) in [7, 11) is 0. The van der Waals surface area contributed by atoms with Crippen LogP contribution in [-0.2, 0) is 14.3 Å². The van der Waals surface area contributed by atoms with E-state index in [-0.39, 0.29) is 36.6 Å². The molecule has 0 spiro atoms. The van der Waals surface area contributed by atoms with Gasteiger partial charge >= 0.3 is 0 Å². The molecular formula is C16H30Cl2N4O3. The monoisotopic (exact) mass is 396 g/mol. The highest BCUT2D eigenvalue weighted by Crippen LogP contribution is 2.29. The van der Waals surface area contributed by atoms with Crippen molar-refractivity contribution >= 4 is 36.6 Å². The second kappa shape index (κ2) is 9.92. The number of hydrogen-bond acceptors (Lipinski definition) is 5. The molecule has 2 N–H and O–H groups in total. The quantitative estimate of drug-likeness (QED) is 0.731. The van der Waals surface area contributed by atoms with E-state index in [0.717, 1.165) is 38.8 Å². The molecule has 25 heavy (non-hydrogen) atoms. The Hall–Kier alpha value is -0.600. The van der Waals surface area contributed by atoms with Gasteiger partial charge < -0.3 is 20.3 Å². The topological polar surface area (TPSA) is 79.1 Å². The predicted octanol–water partition coefficient (Wildman–Crippen LogP) is 0.105. The lowest BCUT2D eigenvalue weighted by Crippen LogP contribution is -2.59. The number of nitrogens with zero attached hydrogens (tertiary/aromatic N) is 3. The molecule has 0 bridgehead atoms. The number of halogens is 2. The fourth-order valence-electron chi connectivity index (χ4n) is 3.74. The van der Waals surface area contributed by atoms with Crippen molar-refractivity contribution in [3.8, 4) is 0 Å². The van der Waals surface area contributed by atoms with Gasteiger partial charge in [-0.05, 0) is 12.8 Å². The van der Waals surface area contributed by atoms with E-state index in [2.05, 4.69) is 4.90 Å². The summed E-state index contributed by atoms with van der Waals surface area (Å²) in [4.78, 5) is 30.8. The Morgan fingerprint density at radius 3 is 1.96 bits per heavy atom. The van der Waals surface area contributed by atoms with E-state index in [1.807, 2.05) is 9.80 Å². The van der Waals surface area contributed by atoms with Crippen molar-refractivity contribution in [3.63, 3.8) is 0 Å². The Morgan fingerprint density at radius 2 is 1.40 bits per heavy atom. The molecule has 0 aromatic carbocycles. The van der Waals surface area contributed by atoms with Crippen LogP contribution >= 0.6 is 24.8 Å². The fourth-order valence-corrected chi connectivity index (χ4v) is 3.74. The van der Waals surface area contributed by atoms with Gasteiger partial charge in [0.2, 0.25) is 11.8 Å². The first-order chi connectivity index (χ1) is 11.1. The number of morpholine rings is 1.